The van der Waals surface area contributed by atoms with E-state index in [2.05, 4.69) is 38.2 Å². The third-order valence-corrected chi connectivity index (χ3v) is 2.82. The number of halogens is 1. The summed E-state index contributed by atoms with van der Waals surface area (Å²) in [5.41, 5.74) is 0.382. The zero-order chi connectivity index (χ0) is 11.7. The molecule has 0 aliphatic heterocycles. The molecule has 0 spiro atoms. The first-order valence-electron chi connectivity index (χ1n) is 5.89. The molecule has 0 fully saturated rings. The quantitative estimate of drug-likeness (QED) is 0.487. The summed E-state index contributed by atoms with van der Waals surface area (Å²) in [6.07, 6.45) is 3.55. The molecule has 0 unspecified atom stereocenters. The van der Waals surface area contributed by atoms with Gasteiger partial charge in [-0.25, -0.2) is 0 Å². The molecule has 0 aromatic carbocycles. The van der Waals surface area contributed by atoms with Crippen molar-refractivity contribution in [3.8, 4) is 0 Å². The van der Waals surface area contributed by atoms with E-state index in [1.807, 2.05) is 0 Å². The normalized spacial score (nSPS) is 12.4. The van der Waals surface area contributed by atoms with E-state index >= 15 is 0 Å². The Labute approximate surface area is 100 Å². The van der Waals surface area contributed by atoms with Crippen molar-refractivity contribution in [2.45, 2.75) is 33.1 Å². The summed E-state index contributed by atoms with van der Waals surface area (Å²) in [5, 5.41) is 3.52. The van der Waals surface area contributed by atoms with Gasteiger partial charge in [0.15, 0.2) is 0 Å². The number of hydrogen-bond donors (Lipinski definition) is 1. The fourth-order valence-corrected chi connectivity index (χ4v) is 1.71. The van der Waals surface area contributed by atoms with Crippen LogP contribution in [0.2, 0.25) is 0 Å². The van der Waals surface area contributed by atoms with Crippen LogP contribution in [0, 0.1) is 5.41 Å². The van der Waals surface area contributed by atoms with Gasteiger partial charge in [0, 0.05) is 12.4 Å². The van der Waals surface area contributed by atoms with Crippen LogP contribution < -0.4 is 5.32 Å². The van der Waals surface area contributed by atoms with Crippen molar-refractivity contribution in [2.75, 3.05) is 39.6 Å². The zero-order valence-corrected chi connectivity index (χ0v) is 11.5. The number of rotatable bonds is 9. The Balaban J connectivity index is 3.40. The predicted molar refractivity (Wildman–Crippen MR) is 69.8 cm³/mol. The van der Waals surface area contributed by atoms with Crippen LogP contribution in [0.15, 0.2) is 0 Å². The van der Waals surface area contributed by atoms with Crippen LogP contribution in [0.3, 0.4) is 0 Å². The Bertz CT molecular complexity index is 147. The summed E-state index contributed by atoms with van der Waals surface area (Å²) >= 11 is 5.70. The van der Waals surface area contributed by atoms with Crippen LogP contribution in [-0.4, -0.2) is 44.5 Å². The van der Waals surface area contributed by atoms with Crippen LogP contribution in [0.5, 0.6) is 0 Å². The first-order valence-corrected chi connectivity index (χ1v) is 6.43. The standard InChI is InChI=1S/C12H27ClN2/c1-12(2,7-5-8-13)11-14-9-6-10-15(3)4/h14H,5-11H2,1-4H3. The van der Waals surface area contributed by atoms with Gasteiger partial charge in [-0.1, -0.05) is 13.8 Å². The minimum absolute atomic E-state index is 0.382. The van der Waals surface area contributed by atoms with Gasteiger partial charge in [0.05, 0.1) is 0 Å². The van der Waals surface area contributed by atoms with Crippen LogP contribution in [0.1, 0.15) is 33.1 Å². The molecule has 0 amide bonds. The number of hydrogen-bond acceptors (Lipinski definition) is 2. The van der Waals surface area contributed by atoms with E-state index in [0.29, 0.717) is 5.41 Å². The molecule has 0 aliphatic rings. The van der Waals surface area contributed by atoms with Gasteiger partial charge in [-0.05, 0) is 51.9 Å². The minimum atomic E-state index is 0.382. The lowest BCUT2D eigenvalue weighted by Gasteiger charge is -2.24. The third kappa shape index (κ3) is 10.5. The molecule has 0 aromatic rings. The lowest BCUT2D eigenvalue weighted by atomic mass is 9.88. The first kappa shape index (κ1) is 15.2. The molecular weight excluding hydrogens is 208 g/mol. The van der Waals surface area contributed by atoms with Crippen LogP contribution >= 0.6 is 11.6 Å². The zero-order valence-electron chi connectivity index (χ0n) is 10.8. The molecular formula is C12H27ClN2. The average molecular weight is 235 g/mol. The molecule has 0 rings (SSSR count). The van der Waals surface area contributed by atoms with Crippen LogP contribution in [0.25, 0.3) is 0 Å². The third-order valence-electron chi connectivity index (χ3n) is 2.55. The molecule has 0 heterocycles. The van der Waals surface area contributed by atoms with Gasteiger partial charge in [0.25, 0.3) is 0 Å². The summed E-state index contributed by atoms with van der Waals surface area (Å²) in [6, 6.07) is 0. The van der Waals surface area contributed by atoms with Crippen molar-refractivity contribution in [2.24, 2.45) is 5.41 Å². The van der Waals surface area contributed by atoms with Gasteiger partial charge >= 0.3 is 0 Å². The molecule has 92 valence electrons. The lowest BCUT2D eigenvalue weighted by Crippen LogP contribution is -2.31. The van der Waals surface area contributed by atoms with Gasteiger partial charge in [-0.15, -0.1) is 11.6 Å². The summed E-state index contributed by atoms with van der Waals surface area (Å²) in [6.45, 7) is 7.98. The van der Waals surface area contributed by atoms with Gasteiger partial charge in [-0.3, -0.25) is 0 Å². The molecule has 3 heteroatoms. The summed E-state index contributed by atoms with van der Waals surface area (Å²) in [4.78, 5) is 2.22. The Morgan fingerprint density at radius 2 is 1.87 bits per heavy atom. The molecule has 0 atom stereocenters. The summed E-state index contributed by atoms with van der Waals surface area (Å²) in [7, 11) is 4.23. The second-order valence-electron chi connectivity index (χ2n) is 5.29. The van der Waals surface area contributed by atoms with Gasteiger partial charge in [0.1, 0.15) is 0 Å². The summed E-state index contributed by atoms with van der Waals surface area (Å²) in [5.74, 6) is 0.782. The highest BCUT2D eigenvalue weighted by Gasteiger charge is 2.16. The molecule has 0 aliphatic carbocycles. The van der Waals surface area contributed by atoms with Gasteiger partial charge in [-0.2, -0.15) is 0 Å². The number of nitrogens with zero attached hydrogens (tertiary/aromatic N) is 1. The number of nitrogens with one attached hydrogen (secondary N) is 1. The maximum Gasteiger partial charge on any atom is 0.0223 e. The molecule has 2 nitrogen and oxygen atoms in total. The molecule has 0 aromatic heterocycles. The van der Waals surface area contributed by atoms with Gasteiger partial charge in [0.2, 0.25) is 0 Å². The Hall–Kier alpha value is 0.210. The van der Waals surface area contributed by atoms with Crippen LogP contribution in [0.4, 0.5) is 0 Å². The Morgan fingerprint density at radius 3 is 2.40 bits per heavy atom. The van der Waals surface area contributed by atoms with E-state index in [1.165, 1.54) is 12.8 Å². The molecule has 0 bridgehead atoms. The smallest absolute Gasteiger partial charge is 0.0223 e. The molecule has 0 saturated heterocycles. The SMILES string of the molecule is CN(C)CCCNCC(C)(C)CCCCl. The first-order chi connectivity index (χ1) is 6.98. The molecule has 1 N–H and O–H groups in total. The second-order valence-corrected chi connectivity index (χ2v) is 5.67. The predicted octanol–water partition coefficient (Wildman–Crippen LogP) is 2.57. The van der Waals surface area contributed by atoms with Crippen molar-refractivity contribution >= 4 is 11.6 Å². The van der Waals surface area contributed by atoms with Crippen molar-refractivity contribution in [3.63, 3.8) is 0 Å². The second kappa shape index (κ2) is 8.37. The van der Waals surface area contributed by atoms with E-state index in [9.17, 15) is 0 Å². The highest BCUT2D eigenvalue weighted by molar-refractivity contribution is 6.17. The average Bonchev–Trinajstić information content (AvgIpc) is 2.14. The van der Waals surface area contributed by atoms with E-state index < -0.39 is 0 Å². The molecule has 15 heavy (non-hydrogen) atoms. The fraction of sp³-hybridized carbons (Fsp3) is 1.00. The lowest BCUT2D eigenvalue weighted by molar-refractivity contribution is 0.306. The highest BCUT2D eigenvalue weighted by Crippen LogP contribution is 2.21. The fourth-order valence-electron chi connectivity index (χ4n) is 1.58. The van der Waals surface area contributed by atoms with Crippen molar-refractivity contribution in [3.05, 3.63) is 0 Å². The maximum absolute atomic E-state index is 5.70. The van der Waals surface area contributed by atoms with E-state index in [0.717, 1.165) is 31.9 Å². The van der Waals surface area contributed by atoms with Crippen molar-refractivity contribution in [1.82, 2.24) is 10.2 Å². The topological polar surface area (TPSA) is 15.3 Å². The molecule has 0 saturated carbocycles. The largest absolute Gasteiger partial charge is 0.316 e. The Kier molecular flexibility index (Phi) is 8.49. The van der Waals surface area contributed by atoms with E-state index in [1.54, 1.807) is 0 Å². The monoisotopic (exact) mass is 234 g/mol. The van der Waals surface area contributed by atoms with E-state index in [-0.39, 0.29) is 0 Å². The van der Waals surface area contributed by atoms with Crippen molar-refractivity contribution in [1.29, 1.82) is 0 Å². The highest BCUT2D eigenvalue weighted by atomic mass is 35.5. The van der Waals surface area contributed by atoms with Gasteiger partial charge < -0.3 is 10.2 Å². The molecule has 0 radical (unpaired) electrons. The number of alkyl halides is 1. The maximum atomic E-state index is 5.70. The summed E-state index contributed by atoms with van der Waals surface area (Å²) < 4.78 is 0. The minimum Gasteiger partial charge on any atom is -0.316 e. The van der Waals surface area contributed by atoms with E-state index in [4.69, 9.17) is 11.6 Å². The van der Waals surface area contributed by atoms with Crippen LogP contribution in [-0.2, 0) is 0 Å². The van der Waals surface area contributed by atoms with Crippen molar-refractivity contribution < 1.29 is 0 Å². The Morgan fingerprint density at radius 1 is 1.20 bits per heavy atom.